The summed E-state index contributed by atoms with van der Waals surface area (Å²) < 4.78 is 0. The van der Waals surface area contributed by atoms with Gasteiger partial charge in [0.2, 0.25) is 5.95 Å². The van der Waals surface area contributed by atoms with Crippen molar-refractivity contribution >= 4 is 11.8 Å². The molecule has 0 fully saturated rings. The van der Waals surface area contributed by atoms with Gasteiger partial charge in [0, 0.05) is 24.8 Å². The van der Waals surface area contributed by atoms with Gasteiger partial charge in [-0.25, -0.2) is 4.98 Å². The minimum atomic E-state index is -0.439. The molecule has 6 heteroatoms. The first kappa shape index (κ1) is 20.6. The predicted octanol–water partition coefficient (Wildman–Crippen LogP) is 3.08. The van der Waals surface area contributed by atoms with Crippen LogP contribution in [0.2, 0.25) is 0 Å². The molecule has 6 nitrogen and oxygen atoms in total. The molecule has 3 N–H and O–H groups in total. The molecule has 1 aromatic carbocycles. The topological polar surface area (TPSA) is 81.5 Å². The molecule has 0 saturated heterocycles. The maximum absolute atomic E-state index is 9.82. The highest BCUT2D eigenvalue weighted by atomic mass is 16.3. The van der Waals surface area contributed by atoms with E-state index in [4.69, 9.17) is 4.98 Å². The van der Waals surface area contributed by atoms with Crippen LogP contribution in [0.4, 0.5) is 11.8 Å². The molecule has 28 heavy (non-hydrogen) atoms. The first-order chi connectivity index (χ1) is 13.4. The second kappa shape index (κ2) is 8.88. The van der Waals surface area contributed by atoms with Crippen LogP contribution in [0, 0.1) is 5.92 Å². The van der Waals surface area contributed by atoms with Crippen LogP contribution < -0.4 is 10.2 Å². The summed E-state index contributed by atoms with van der Waals surface area (Å²) in [5, 5.41) is 22.7. The zero-order chi connectivity index (χ0) is 20.3. The number of benzene rings is 1. The molecule has 0 spiro atoms. The smallest absolute Gasteiger partial charge is 0.225 e. The van der Waals surface area contributed by atoms with Gasteiger partial charge in [-0.15, -0.1) is 0 Å². The maximum atomic E-state index is 9.82. The summed E-state index contributed by atoms with van der Waals surface area (Å²) in [7, 11) is 0. The van der Waals surface area contributed by atoms with Gasteiger partial charge in [-0.1, -0.05) is 39.0 Å². The normalized spacial score (nSPS) is 16.0. The zero-order valence-corrected chi connectivity index (χ0v) is 17.3. The monoisotopic (exact) mass is 384 g/mol. The number of aliphatic hydroxyl groups excluding tert-OH is 2. The fraction of sp³-hybridized carbons (Fsp3) is 0.545. The van der Waals surface area contributed by atoms with Crippen molar-refractivity contribution in [2.45, 2.75) is 59.2 Å². The van der Waals surface area contributed by atoms with Gasteiger partial charge in [-0.05, 0) is 42.4 Å². The molecule has 0 amide bonds. The Bertz CT molecular complexity index is 807. The Balaban J connectivity index is 1.84. The second-order valence-electron chi connectivity index (χ2n) is 7.95. The Hall–Kier alpha value is -2.18. The second-order valence-corrected chi connectivity index (χ2v) is 7.95. The molecule has 2 heterocycles. The number of fused-ring (bicyclic) bond motifs is 1. The van der Waals surface area contributed by atoms with E-state index in [1.807, 2.05) is 6.07 Å². The molecule has 152 valence electrons. The van der Waals surface area contributed by atoms with E-state index in [9.17, 15) is 10.2 Å². The van der Waals surface area contributed by atoms with Crippen LogP contribution in [0.15, 0.2) is 24.3 Å². The summed E-state index contributed by atoms with van der Waals surface area (Å²) in [5.41, 5.74) is 4.54. The van der Waals surface area contributed by atoms with Crippen LogP contribution in [0.5, 0.6) is 0 Å². The fourth-order valence-electron chi connectivity index (χ4n) is 3.51. The molecule has 2 aromatic rings. The Kier molecular flexibility index (Phi) is 6.52. The van der Waals surface area contributed by atoms with Crippen LogP contribution >= 0.6 is 0 Å². The van der Waals surface area contributed by atoms with Gasteiger partial charge < -0.3 is 20.4 Å². The van der Waals surface area contributed by atoms with E-state index in [1.165, 1.54) is 11.1 Å². The summed E-state index contributed by atoms with van der Waals surface area (Å²) in [5.74, 6) is 1.78. The number of aliphatic hydroxyl groups is 2. The van der Waals surface area contributed by atoms with Crippen LogP contribution in [0.1, 0.15) is 56.2 Å². The standard InChI is InChI=1S/C22H32N4O2/c1-5-19-11-21(25-22(23-19)24-20(13-27)14(2)3)26-9-8-17-10-16(15(4)28)6-7-18(17)12-26/h6-7,10-11,14-15,20,27-28H,5,8-9,12-13H2,1-4H3,(H,23,24,25)/t15-,20-/m0/s1. The van der Waals surface area contributed by atoms with Crippen molar-refractivity contribution in [1.82, 2.24) is 9.97 Å². The average molecular weight is 385 g/mol. The van der Waals surface area contributed by atoms with E-state index < -0.39 is 6.10 Å². The third kappa shape index (κ3) is 4.62. The quantitative estimate of drug-likeness (QED) is 0.681. The van der Waals surface area contributed by atoms with Crippen LogP contribution in [-0.2, 0) is 19.4 Å². The lowest BCUT2D eigenvalue weighted by Gasteiger charge is -2.31. The van der Waals surface area contributed by atoms with Gasteiger partial charge in [0.15, 0.2) is 0 Å². The molecular weight excluding hydrogens is 352 g/mol. The van der Waals surface area contributed by atoms with Crippen molar-refractivity contribution in [3.63, 3.8) is 0 Å². The Morgan fingerprint density at radius 1 is 1.14 bits per heavy atom. The minimum Gasteiger partial charge on any atom is -0.394 e. The largest absolute Gasteiger partial charge is 0.394 e. The number of rotatable bonds is 7. The Morgan fingerprint density at radius 2 is 1.93 bits per heavy atom. The average Bonchev–Trinajstić information content (AvgIpc) is 2.70. The van der Waals surface area contributed by atoms with Crippen molar-refractivity contribution in [1.29, 1.82) is 0 Å². The van der Waals surface area contributed by atoms with Gasteiger partial charge in [0.1, 0.15) is 5.82 Å². The molecule has 1 aliphatic rings. The van der Waals surface area contributed by atoms with Crippen LogP contribution in [-0.4, -0.2) is 39.4 Å². The van der Waals surface area contributed by atoms with E-state index in [2.05, 4.69) is 54.2 Å². The SMILES string of the molecule is CCc1cc(N2CCc3cc([C@H](C)O)ccc3C2)nc(N[C@@H](CO)C(C)C)n1. The molecule has 3 rings (SSSR count). The summed E-state index contributed by atoms with van der Waals surface area (Å²) in [6.07, 6.45) is 1.32. The van der Waals surface area contributed by atoms with Crippen LogP contribution in [0.25, 0.3) is 0 Å². The molecule has 0 radical (unpaired) electrons. The number of nitrogens with one attached hydrogen (secondary N) is 1. The van der Waals surface area contributed by atoms with Gasteiger partial charge >= 0.3 is 0 Å². The van der Waals surface area contributed by atoms with E-state index >= 15 is 0 Å². The summed E-state index contributed by atoms with van der Waals surface area (Å²) in [4.78, 5) is 11.6. The first-order valence-electron chi connectivity index (χ1n) is 10.2. The highest BCUT2D eigenvalue weighted by Gasteiger charge is 2.21. The van der Waals surface area contributed by atoms with E-state index in [0.29, 0.717) is 5.95 Å². The highest BCUT2D eigenvalue weighted by molar-refractivity contribution is 5.49. The molecular formula is C22H32N4O2. The first-order valence-corrected chi connectivity index (χ1v) is 10.2. The van der Waals surface area contributed by atoms with Gasteiger partial charge in [0.25, 0.3) is 0 Å². The van der Waals surface area contributed by atoms with Crippen molar-refractivity contribution < 1.29 is 10.2 Å². The third-order valence-corrected chi connectivity index (χ3v) is 5.49. The molecule has 0 unspecified atom stereocenters. The molecule has 0 aliphatic carbocycles. The Labute approximate surface area is 167 Å². The number of aromatic nitrogens is 2. The zero-order valence-electron chi connectivity index (χ0n) is 17.3. The van der Waals surface area contributed by atoms with E-state index in [0.717, 1.165) is 43.0 Å². The van der Waals surface area contributed by atoms with Crippen molar-refractivity contribution in [3.05, 3.63) is 46.6 Å². The molecule has 0 saturated carbocycles. The third-order valence-electron chi connectivity index (χ3n) is 5.49. The molecule has 0 bridgehead atoms. The van der Waals surface area contributed by atoms with Crippen molar-refractivity contribution in [3.8, 4) is 0 Å². The molecule has 1 aliphatic heterocycles. The predicted molar refractivity (Wildman–Crippen MR) is 113 cm³/mol. The lowest BCUT2D eigenvalue weighted by atomic mass is 9.96. The number of hydrogen-bond donors (Lipinski definition) is 3. The molecule has 1 aromatic heterocycles. The van der Waals surface area contributed by atoms with Crippen molar-refractivity contribution in [2.24, 2.45) is 5.92 Å². The number of nitrogens with zero attached hydrogens (tertiary/aromatic N) is 3. The number of aryl methyl sites for hydroxylation is 1. The van der Waals surface area contributed by atoms with Crippen molar-refractivity contribution in [2.75, 3.05) is 23.4 Å². The van der Waals surface area contributed by atoms with Crippen LogP contribution in [0.3, 0.4) is 0 Å². The maximum Gasteiger partial charge on any atom is 0.225 e. The summed E-state index contributed by atoms with van der Waals surface area (Å²) in [6, 6.07) is 8.23. The lowest BCUT2D eigenvalue weighted by molar-refractivity contribution is 0.199. The van der Waals surface area contributed by atoms with Gasteiger partial charge in [-0.2, -0.15) is 4.98 Å². The van der Waals surface area contributed by atoms with E-state index in [-0.39, 0.29) is 18.6 Å². The fourth-order valence-corrected chi connectivity index (χ4v) is 3.51. The Morgan fingerprint density at radius 3 is 2.57 bits per heavy atom. The summed E-state index contributed by atoms with van der Waals surface area (Å²) in [6.45, 7) is 9.75. The van der Waals surface area contributed by atoms with E-state index in [1.54, 1.807) is 6.92 Å². The van der Waals surface area contributed by atoms with Gasteiger partial charge in [-0.3, -0.25) is 0 Å². The van der Waals surface area contributed by atoms with Gasteiger partial charge in [0.05, 0.1) is 18.8 Å². The number of anilines is 2. The minimum absolute atomic E-state index is 0.0510. The highest BCUT2D eigenvalue weighted by Crippen LogP contribution is 2.27. The molecule has 2 atom stereocenters. The summed E-state index contributed by atoms with van der Waals surface area (Å²) >= 11 is 0. The number of hydrogen-bond acceptors (Lipinski definition) is 6. The lowest BCUT2D eigenvalue weighted by Crippen LogP contribution is -2.33.